The van der Waals surface area contributed by atoms with Crippen molar-refractivity contribution in [3.63, 3.8) is 0 Å². The zero-order valence-electron chi connectivity index (χ0n) is 25.5. The Hall–Kier alpha value is -1.33. The molecule has 0 aromatic carbocycles. The minimum absolute atomic E-state index is 0.700. The van der Waals surface area contributed by atoms with Gasteiger partial charge in [0.25, 0.3) is 0 Å². The van der Waals surface area contributed by atoms with E-state index in [2.05, 4.69) is 5.32 Å². The number of aliphatic hydroxyl groups excluding tert-OH is 13. The van der Waals surface area contributed by atoms with E-state index in [0.29, 0.717) is 0 Å². The molecule has 4 rings (SSSR count). The lowest BCUT2D eigenvalue weighted by molar-refractivity contribution is -0.386. The summed E-state index contributed by atoms with van der Waals surface area (Å²) >= 11 is 0. The molecule has 0 saturated carbocycles. The van der Waals surface area contributed by atoms with Gasteiger partial charge in [0.2, 0.25) is 5.91 Å². The molecule has 22 nitrogen and oxygen atoms in total. The van der Waals surface area contributed by atoms with E-state index in [9.17, 15) is 71.2 Å². The zero-order valence-corrected chi connectivity index (χ0v) is 25.5. The molecule has 0 radical (unpaired) electrons. The molecule has 20 atom stereocenters. The second-order valence-electron chi connectivity index (χ2n) is 11.9. The van der Waals surface area contributed by atoms with Crippen LogP contribution in [0.3, 0.4) is 0 Å². The molecule has 0 aromatic rings. The second-order valence-corrected chi connectivity index (χ2v) is 11.9. The molecule has 0 aliphatic carbocycles. The van der Waals surface area contributed by atoms with Gasteiger partial charge in [-0.05, 0) is 0 Å². The predicted octanol–water partition coefficient (Wildman–Crippen LogP) is -9.61. The molecule has 14 N–H and O–H groups in total. The lowest BCUT2D eigenvalue weighted by Crippen LogP contribution is -2.69. The van der Waals surface area contributed by atoms with Gasteiger partial charge in [0, 0.05) is 6.92 Å². The average molecular weight is 708 g/mol. The Morgan fingerprint density at radius 1 is 0.500 bits per heavy atom. The van der Waals surface area contributed by atoms with Crippen LogP contribution in [0.4, 0.5) is 0 Å². The predicted molar refractivity (Wildman–Crippen MR) is 145 cm³/mol. The summed E-state index contributed by atoms with van der Waals surface area (Å²) in [5.74, 6) is -0.700. The number of hydrogen-bond acceptors (Lipinski definition) is 21. The summed E-state index contributed by atoms with van der Waals surface area (Å²) in [4.78, 5) is 11.8. The minimum Gasteiger partial charge on any atom is -0.394 e. The molecule has 0 bridgehead atoms. The third-order valence-corrected chi connectivity index (χ3v) is 8.61. The van der Waals surface area contributed by atoms with Crippen LogP contribution >= 0.6 is 0 Å². The lowest BCUT2D eigenvalue weighted by atomic mass is 9.95. The third kappa shape index (κ3) is 8.08. The summed E-state index contributed by atoms with van der Waals surface area (Å²) in [5.41, 5.74) is 0. The number of carbonyl (C=O) groups is 1. The number of carbonyl (C=O) groups excluding carboxylic acids is 1. The van der Waals surface area contributed by atoms with E-state index in [1.54, 1.807) is 0 Å². The van der Waals surface area contributed by atoms with Gasteiger partial charge >= 0.3 is 0 Å². The first-order valence-electron chi connectivity index (χ1n) is 15.1. The van der Waals surface area contributed by atoms with Gasteiger partial charge in [-0.25, -0.2) is 0 Å². The number of nitrogens with one attached hydrogen (secondary N) is 1. The van der Waals surface area contributed by atoms with Gasteiger partial charge in [-0.2, -0.15) is 0 Å². The van der Waals surface area contributed by atoms with Crippen LogP contribution in [0.1, 0.15) is 6.92 Å². The van der Waals surface area contributed by atoms with Gasteiger partial charge in [-0.3, -0.25) is 4.79 Å². The van der Waals surface area contributed by atoms with Crippen molar-refractivity contribution < 1.29 is 104 Å². The standard InChI is InChI=1S/C26H45NO21/c1-6(32)27-11-15(36)12(33)7(2-28)43-24(11)47-21-13(34)8(3-29)45-26(18(21)39)48-22-14(35)9(4-30)44-25(19(22)40)46-20-10(5-31)42-23(41)17(38)16(20)37/h7-26,28-31,33-41H,2-5H2,1H3,(H,27,32)/t7-,8-,9-,10-,11-,12+,13+,14+,15-,16-,17-,18-,19-,20-,21+,22+,23?,24+,25+,26-/m1/s1. The van der Waals surface area contributed by atoms with E-state index < -0.39 is 155 Å². The molecular formula is C26H45NO21. The van der Waals surface area contributed by atoms with Gasteiger partial charge in [0.1, 0.15) is 97.6 Å². The Morgan fingerprint density at radius 2 is 0.917 bits per heavy atom. The fourth-order valence-corrected chi connectivity index (χ4v) is 5.94. The number of ether oxygens (including phenoxy) is 7. The summed E-state index contributed by atoms with van der Waals surface area (Å²) in [6, 6.07) is -1.50. The third-order valence-electron chi connectivity index (χ3n) is 8.61. The molecule has 4 saturated heterocycles. The number of amides is 1. The van der Waals surface area contributed by atoms with Gasteiger partial charge in [0.05, 0.1) is 26.4 Å². The van der Waals surface area contributed by atoms with Gasteiger partial charge in [-0.1, -0.05) is 0 Å². The van der Waals surface area contributed by atoms with E-state index in [-0.39, 0.29) is 0 Å². The average Bonchev–Trinajstić information content (AvgIpc) is 3.06. The Labute approximate surface area is 272 Å². The molecule has 4 heterocycles. The highest BCUT2D eigenvalue weighted by molar-refractivity contribution is 5.73. The second kappa shape index (κ2) is 16.8. The molecule has 4 aliphatic rings. The van der Waals surface area contributed by atoms with Crippen LogP contribution in [-0.4, -0.2) is 221 Å². The Bertz CT molecular complexity index is 1030. The van der Waals surface area contributed by atoms with Crippen LogP contribution in [0, 0.1) is 0 Å². The summed E-state index contributed by atoms with van der Waals surface area (Å²) in [5, 5.41) is 137. The normalized spacial score (nSPS) is 50.2. The van der Waals surface area contributed by atoms with Crippen molar-refractivity contribution in [2.45, 2.75) is 130 Å². The van der Waals surface area contributed by atoms with Gasteiger partial charge in [0.15, 0.2) is 25.2 Å². The van der Waals surface area contributed by atoms with Crippen LogP contribution in [-0.2, 0) is 38.0 Å². The first-order chi connectivity index (χ1) is 22.7. The maximum absolute atomic E-state index is 11.8. The first kappa shape index (κ1) is 39.5. The van der Waals surface area contributed by atoms with Crippen LogP contribution in [0.15, 0.2) is 0 Å². The summed E-state index contributed by atoms with van der Waals surface area (Å²) in [6.07, 6.45) is -33.9. The minimum atomic E-state index is -2.06. The quantitative estimate of drug-likeness (QED) is 0.0947. The molecule has 4 fully saturated rings. The number of hydrogen-bond donors (Lipinski definition) is 14. The lowest BCUT2D eigenvalue weighted by Gasteiger charge is -2.49. The van der Waals surface area contributed by atoms with Gasteiger partial charge in [-0.15, -0.1) is 0 Å². The molecule has 22 heteroatoms. The van der Waals surface area contributed by atoms with E-state index in [4.69, 9.17) is 33.2 Å². The SMILES string of the molecule is CC(=O)N[C@H]1[C@H](O[C@H]2[C@@H](O)[C@@H](CO)O[C@H](O[C@H]3[C@@H](O)[C@@H](CO)O[C@@H](O[C@H]4[C@H](O)[C@@H](O)C(O)O[C@@H]4CO)[C@@H]3O)[C@@H]2O)O[C@H](CO)[C@H](O)[C@@H]1O. The fraction of sp³-hybridized carbons (Fsp3) is 0.962. The maximum atomic E-state index is 11.8. The number of aliphatic hydroxyl groups is 13. The van der Waals surface area contributed by atoms with E-state index in [1.165, 1.54) is 0 Å². The first-order valence-corrected chi connectivity index (χ1v) is 15.1. The van der Waals surface area contributed by atoms with Crippen molar-refractivity contribution in [1.82, 2.24) is 5.32 Å². The summed E-state index contributed by atoms with van der Waals surface area (Å²) < 4.78 is 38.4. The molecule has 1 unspecified atom stereocenters. The van der Waals surface area contributed by atoms with Crippen molar-refractivity contribution in [2.24, 2.45) is 0 Å². The zero-order chi connectivity index (χ0) is 35.6. The van der Waals surface area contributed by atoms with Crippen molar-refractivity contribution in [3.05, 3.63) is 0 Å². The van der Waals surface area contributed by atoms with Crippen molar-refractivity contribution in [1.29, 1.82) is 0 Å². The molecule has 0 aromatic heterocycles. The van der Waals surface area contributed by atoms with Crippen LogP contribution in [0.2, 0.25) is 0 Å². The smallest absolute Gasteiger partial charge is 0.217 e. The Morgan fingerprint density at radius 3 is 1.38 bits per heavy atom. The van der Waals surface area contributed by atoms with E-state index in [1.807, 2.05) is 0 Å². The van der Waals surface area contributed by atoms with Crippen LogP contribution < -0.4 is 5.32 Å². The fourth-order valence-electron chi connectivity index (χ4n) is 5.94. The number of rotatable bonds is 11. The largest absolute Gasteiger partial charge is 0.394 e. The molecular weight excluding hydrogens is 662 g/mol. The molecule has 4 aliphatic heterocycles. The summed E-state index contributed by atoms with van der Waals surface area (Å²) in [6.45, 7) is -2.38. The maximum Gasteiger partial charge on any atom is 0.217 e. The highest BCUT2D eigenvalue weighted by Crippen LogP contribution is 2.34. The molecule has 0 spiro atoms. The van der Waals surface area contributed by atoms with Crippen LogP contribution in [0.25, 0.3) is 0 Å². The molecule has 48 heavy (non-hydrogen) atoms. The van der Waals surface area contributed by atoms with Crippen molar-refractivity contribution in [2.75, 3.05) is 26.4 Å². The summed E-state index contributed by atoms with van der Waals surface area (Å²) in [7, 11) is 0. The highest BCUT2D eigenvalue weighted by atomic mass is 16.8. The Kier molecular flexibility index (Phi) is 13.8. The Balaban J connectivity index is 1.56. The van der Waals surface area contributed by atoms with E-state index >= 15 is 0 Å². The topological polar surface area (TPSA) is 357 Å². The monoisotopic (exact) mass is 707 g/mol. The van der Waals surface area contributed by atoms with Crippen LogP contribution in [0.5, 0.6) is 0 Å². The van der Waals surface area contributed by atoms with Gasteiger partial charge < -0.3 is 105 Å². The molecule has 280 valence electrons. The van der Waals surface area contributed by atoms with Crippen molar-refractivity contribution in [3.8, 4) is 0 Å². The van der Waals surface area contributed by atoms with Crippen molar-refractivity contribution >= 4 is 5.91 Å². The molecule has 1 amide bonds. The highest BCUT2D eigenvalue weighted by Gasteiger charge is 2.55. The van der Waals surface area contributed by atoms with E-state index in [0.717, 1.165) is 6.92 Å².